The first kappa shape index (κ1) is 8.17. The maximum atomic E-state index is 10.1. The second-order valence-corrected chi connectivity index (χ2v) is 1.91. The van der Waals surface area contributed by atoms with E-state index in [0.29, 0.717) is 0 Å². The van der Waals surface area contributed by atoms with Gasteiger partial charge in [-0.05, 0) is 0 Å². The number of carboxylic acid groups (broad SMARTS) is 1. The molecule has 3 nitrogen and oxygen atoms in total. The van der Waals surface area contributed by atoms with Crippen molar-refractivity contribution in [3.05, 3.63) is 12.2 Å². The van der Waals surface area contributed by atoms with Gasteiger partial charge in [0.15, 0.2) is 0 Å². The number of carboxylic acids is 1. The molecule has 0 saturated carbocycles. The van der Waals surface area contributed by atoms with Crippen LogP contribution < -0.4 is 0 Å². The molecule has 0 fully saturated rings. The van der Waals surface area contributed by atoms with Crippen molar-refractivity contribution in [2.75, 3.05) is 6.61 Å². The van der Waals surface area contributed by atoms with Crippen LogP contribution in [0.15, 0.2) is 12.2 Å². The second-order valence-electron chi connectivity index (χ2n) is 1.91. The van der Waals surface area contributed by atoms with Gasteiger partial charge in [-0.1, -0.05) is 13.5 Å². The van der Waals surface area contributed by atoms with Crippen LogP contribution in [0.4, 0.5) is 0 Å². The van der Waals surface area contributed by atoms with Crippen molar-refractivity contribution in [2.24, 2.45) is 5.92 Å². The minimum Gasteiger partial charge on any atom is -0.478 e. The number of hydrogen-bond donors (Lipinski definition) is 2. The third-order valence-corrected chi connectivity index (χ3v) is 1.14. The summed E-state index contributed by atoms with van der Waals surface area (Å²) in [5, 5.41) is 16.7. The fourth-order valence-electron chi connectivity index (χ4n) is 0.321. The highest BCUT2D eigenvalue weighted by atomic mass is 16.4. The van der Waals surface area contributed by atoms with E-state index in [0.717, 1.165) is 0 Å². The first-order chi connectivity index (χ1) is 4.09. The van der Waals surface area contributed by atoms with E-state index in [1.54, 1.807) is 6.92 Å². The lowest BCUT2D eigenvalue weighted by Gasteiger charge is -2.04. The molecule has 0 saturated heterocycles. The first-order valence-corrected chi connectivity index (χ1v) is 2.62. The predicted molar refractivity (Wildman–Crippen MR) is 33.0 cm³/mol. The fraction of sp³-hybridized carbons (Fsp3) is 0.500. The number of aliphatic hydroxyl groups excluding tert-OH is 1. The van der Waals surface area contributed by atoms with E-state index >= 15 is 0 Å². The van der Waals surface area contributed by atoms with Crippen LogP contribution in [-0.2, 0) is 4.79 Å². The van der Waals surface area contributed by atoms with Crippen molar-refractivity contribution in [3.8, 4) is 0 Å². The van der Waals surface area contributed by atoms with Gasteiger partial charge in [-0.3, -0.25) is 0 Å². The number of aliphatic hydroxyl groups is 1. The van der Waals surface area contributed by atoms with E-state index in [-0.39, 0.29) is 18.1 Å². The van der Waals surface area contributed by atoms with Gasteiger partial charge in [0.05, 0.1) is 0 Å². The van der Waals surface area contributed by atoms with Crippen molar-refractivity contribution in [3.63, 3.8) is 0 Å². The largest absolute Gasteiger partial charge is 0.478 e. The minimum absolute atomic E-state index is 0.0532. The van der Waals surface area contributed by atoms with E-state index in [1.165, 1.54) is 0 Å². The average molecular weight is 130 g/mol. The molecular weight excluding hydrogens is 120 g/mol. The molecule has 9 heavy (non-hydrogen) atoms. The van der Waals surface area contributed by atoms with Gasteiger partial charge < -0.3 is 10.2 Å². The molecular formula is C6H10O3. The zero-order valence-corrected chi connectivity index (χ0v) is 5.29. The average Bonchev–Trinajstić information content (AvgIpc) is 1.84. The van der Waals surface area contributed by atoms with Gasteiger partial charge >= 0.3 is 5.97 Å². The Balaban J connectivity index is 3.88. The van der Waals surface area contributed by atoms with E-state index in [4.69, 9.17) is 10.2 Å². The van der Waals surface area contributed by atoms with Crippen molar-refractivity contribution < 1.29 is 15.0 Å². The van der Waals surface area contributed by atoms with Crippen molar-refractivity contribution >= 4 is 5.97 Å². The summed E-state index contributed by atoms with van der Waals surface area (Å²) in [5.74, 6) is -1.39. The summed E-state index contributed by atoms with van der Waals surface area (Å²) >= 11 is 0. The molecule has 0 amide bonds. The Morgan fingerprint density at radius 1 is 1.78 bits per heavy atom. The molecule has 0 rings (SSSR count). The van der Waals surface area contributed by atoms with E-state index in [1.807, 2.05) is 0 Å². The lowest BCUT2D eigenvalue weighted by molar-refractivity contribution is -0.133. The fourth-order valence-corrected chi connectivity index (χ4v) is 0.321. The van der Waals surface area contributed by atoms with Gasteiger partial charge in [0.25, 0.3) is 0 Å². The Labute approximate surface area is 53.6 Å². The molecule has 0 bridgehead atoms. The molecule has 0 spiro atoms. The molecule has 0 aromatic carbocycles. The molecule has 0 aliphatic carbocycles. The predicted octanol–water partition coefficient (Wildman–Crippen LogP) is 0.256. The SMILES string of the molecule is C=C(C(=O)O)[C@@H](C)CO. The molecule has 0 heterocycles. The maximum Gasteiger partial charge on any atom is 0.331 e. The highest BCUT2D eigenvalue weighted by molar-refractivity contribution is 5.86. The highest BCUT2D eigenvalue weighted by Gasteiger charge is 2.10. The Morgan fingerprint density at radius 2 is 2.22 bits per heavy atom. The summed E-state index contributed by atoms with van der Waals surface area (Å²) in [7, 11) is 0. The molecule has 0 radical (unpaired) electrons. The monoisotopic (exact) mass is 130 g/mol. The molecule has 3 heteroatoms. The van der Waals surface area contributed by atoms with E-state index in [9.17, 15) is 4.79 Å². The van der Waals surface area contributed by atoms with Crippen LogP contribution in [0.2, 0.25) is 0 Å². The molecule has 0 aliphatic heterocycles. The van der Waals surface area contributed by atoms with Crippen LogP contribution in [-0.4, -0.2) is 22.8 Å². The Bertz CT molecular complexity index is 128. The lowest BCUT2D eigenvalue weighted by atomic mass is 10.1. The minimum atomic E-state index is -1.04. The first-order valence-electron chi connectivity index (χ1n) is 2.62. The Morgan fingerprint density at radius 3 is 2.33 bits per heavy atom. The van der Waals surface area contributed by atoms with E-state index in [2.05, 4.69) is 6.58 Å². The number of rotatable bonds is 3. The quantitative estimate of drug-likeness (QED) is 0.538. The van der Waals surface area contributed by atoms with Crippen molar-refractivity contribution in [1.29, 1.82) is 0 Å². The molecule has 0 aromatic rings. The normalized spacial score (nSPS) is 12.7. The Hall–Kier alpha value is -0.830. The van der Waals surface area contributed by atoms with Gasteiger partial charge in [0, 0.05) is 18.1 Å². The summed E-state index contributed by atoms with van der Waals surface area (Å²) in [6.07, 6.45) is 0. The van der Waals surface area contributed by atoms with Crippen LogP contribution in [0.3, 0.4) is 0 Å². The summed E-state index contributed by atoms with van der Waals surface area (Å²) in [6.45, 7) is 4.71. The van der Waals surface area contributed by atoms with Crippen molar-refractivity contribution in [2.45, 2.75) is 6.92 Å². The molecule has 0 unspecified atom stereocenters. The topological polar surface area (TPSA) is 57.5 Å². The number of hydrogen-bond acceptors (Lipinski definition) is 2. The molecule has 0 aromatic heterocycles. The standard InChI is InChI=1S/C6H10O3/c1-4(3-7)5(2)6(8)9/h4,7H,2-3H2,1H3,(H,8,9)/t4-/m0/s1. The van der Waals surface area contributed by atoms with Gasteiger partial charge in [0.2, 0.25) is 0 Å². The molecule has 1 atom stereocenters. The number of carbonyl (C=O) groups is 1. The zero-order valence-electron chi connectivity index (χ0n) is 5.29. The highest BCUT2D eigenvalue weighted by Crippen LogP contribution is 2.05. The number of aliphatic carboxylic acids is 1. The maximum absolute atomic E-state index is 10.1. The lowest BCUT2D eigenvalue weighted by Crippen LogP contribution is -2.11. The zero-order chi connectivity index (χ0) is 7.44. The summed E-state index contributed by atoms with van der Waals surface area (Å²) in [4.78, 5) is 10.1. The molecule has 2 N–H and O–H groups in total. The van der Waals surface area contributed by atoms with Gasteiger partial charge in [0.1, 0.15) is 0 Å². The van der Waals surface area contributed by atoms with Crippen LogP contribution in [0.1, 0.15) is 6.92 Å². The second kappa shape index (κ2) is 3.25. The van der Waals surface area contributed by atoms with Crippen molar-refractivity contribution in [1.82, 2.24) is 0 Å². The van der Waals surface area contributed by atoms with Gasteiger partial charge in [-0.15, -0.1) is 0 Å². The van der Waals surface area contributed by atoms with Crippen LogP contribution in [0.25, 0.3) is 0 Å². The third-order valence-electron chi connectivity index (χ3n) is 1.14. The van der Waals surface area contributed by atoms with Gasteiger partial charge in [-0.25, -0.2) is 4.79 Å². The molecule has 0 aliphatic rings. The van der Waals surface area contributed by atoms with E-state index < -0.39 is 5.97 Å². The Kier molecular flexibility index (Phi) is 2.95. The van der Waals surface area contributed by atoms with Crippen LogP contribution >= 0.6 is 0 Å². The third kappa shape index (κ3) is 2.28. The summed E-state index contributed by atoms with van der Waals surface area (Å²) in [6, 6.07) is 0. The molecule has 52 valence electrons. The van der Waals surface area contributed by atoms with Crippen LogP contribution in [0, 0.1) is 5.92 Å². The summed E-state index contributed by atoms with van der Waals surface area (Å²) in [5.41, 5.74) is 0.0532. The smallest absolute Gasteiger partial charge is 0.331 e. The van der Waals surface area contributed by atoms with Crippen LogP contribution in [0.5, 0.6) is 0 Å². The van der Waals surface area contributed by atoms with Gasteiger partial charge in [-0.2, -0.15) is 0 Å². The summed E-state index contributed by atoms with van der Waals surface area (Å²) < 4.78 is 0.